The summed E-state index contributed by atoms with van der Waals surface area (Å²) in [5.41, 5.74) is 8.87. The molecule has 2 nitrogen and oxygen atoms in total. The summed E-state index contributed by atoms with van der Waals surface area (Å²) < 4.78 is 19.3. The smallest absolute Gasteiger partial charge is 0.148 e. The van der Waals surface area contributed by atoms with Gasteiger partial charge >= 0.3 is 0 Å². The molecule has 2 rings (SSSR count). The Morgan fingerprint density at radius 1 is 1.26 bits per heavy atom. The predicted molar refractivity (Wildman–Crippen MR) is 76.1 cm³/mol. The largest absolute Gasteiger partial charge is 0.486 e. The lowest BCUT2D eigenvalue weighted by Crippen LogP contribution is -2.03. The summed E-state index contributed by atoms with van der Waals surface area (Å²) in [5.74, 6) is 0.137. The van der Waals surface area contributed by atoms with Crippen molar-refractivity contribution in [3.05, 3.63) is 57.9 Å². The number of hydrogen-bond donors (Lipinski definition) is 1. The number of halogens is 2. The summed E-state index contributed by atoms with van der Waals surface area (Å²) in [7, 11) is 0. The minimum Gasteiger partial charge on any atom is -0.486 e. The molecule has 0 saturated heterocycles. The topological polar surface area (TPSA) is 35.2 Å². The van der Waals surface area contributed by atoms with Gasteiger partial charge < -0.3 is 10.5 Å². The quantitative estimate of drug-likeness (QED) is 0.852. The van der Waals surface area contributed by atoms with Crippen LogP contribution in [0.1, 0.15) is 16.7 Å². The van der Waals surface area contributed by atoms with Crippen LogP contribution in [0.15, 0.2) is 30.3 Å². The van der Waals surface area contributed by atoms with E-state index in [0.717, 1.165) is 11.1 Å². The second-order valence-corrected chi connectivity index (χ2v) is 4.91. The predicted octanol–water partition coefficient (Wildman–Crippen LogP) is 4.26. The Bertz CT molecular complexity index is 590. The second-order valence-electron chi connectivity index (χ2n) is 4.50. The molecule has 0 aliphatic carbocycles. The molecule has 100 valence electrons. The van der Waals surface area contributed by atoms with Crippen molar-refractivity contribution >= 4 is 17.3 Å². The maximum atomic E-state index is 13.7. The molecule has 2 aromatic carbocycles. The van der Waals surface area contributed by atoms with Gasteiger partial charge in [0.2, 0.25) is 0 Å². The van der Waals surface area contributed by atoms with Gasteiger partial charge in [0.05, 0.1) is 10.7 Å². The maximum Gasteiger partial charge on any atom is 0.148 e. The van der Waals surface area contributed by atoms with Crippen LogP contribution >= 0.6 is 11.6 Å². The molecular weight excluding hydrogens is 265 g/mol. The molecule has 0 spiro atoms. The summed E-state index contributed by atoms with van der Waals surface area (Å²) in [6.45, 7) is 3.97. The highest BCUT2D eigenvalue weighted by molar-refractivity contribution is 6.30. The molecule has 0 fully saturated rings. The van der Waals surface area contributed by atoms with E-state index in [4.69, 9.17) is 22.1 Å². The first kappa shape index (κ1) is 13.7. The summed E-state index contributed by atoms with van der Waals surface area (Å²) in [5, 5.41) is 0.0923. The monoisotopic (exact) mass is 279 g/mol. The number of rotatable bonds is 3. The van der Waals surface area contributed by atoms with Crippen LogP contribution in [0.5, 0.6) is 5.75 Å². The van der Waals surface area contributed by atoms with Crippen molar-refractivity contribution in [1.29, 1.82) is 0 Å². The van der Waals surface area contributed by atoms with Gasteiger partial charge in [-0.25, -0.2) is 4.39 Å². The highest BCUT2D eigenvalue weighted by Crippen LogP contribution is 2.29. The van der Waals surface area contributed by atoms with E-state index in [1.165, 1.54) is 6.07 Å². The van der Waals surface area contributed by atoms with Crippen LogP contribution in [-0.4, -0.2) is 0 Å². The lowest BCUT2D eigenvalue weighted by molar-refractivity contribution is 0.299. The Balaban J connectivity index is 2.22. The maximum absolute atomic E-state index is 13.7. The molecule has 19 heavy (non-hydrogen) atoms. The van der Waals surface area contributed by atoms with Gasteiger partial charge in [-0.1, -0.05) is 29.8 Å². The van der Waals surface area contributed by atoms with Crippen molar-refractivity contribution in [3.63, 3.8) is 0 Å². The van der Waals surface area contributed by atoms with E-state index in [0.29, 0.717) is 17.0 Å². The third-order valence-electron chi connectivity index (χ3n) is 2.85. The number of hydrogen-bond acceptors (Lipinski definition) is 2. The average molecular weight is 280 g/mol. The van der Waals surface area contributed by atoms with E-state index in [-0.39, 0.29) is 11.6 Å². The van der Waals surface area contributed by atoms with E-state index >= 15 is 0 Å². The Hall–Kier alpha value is -1.74. The summed E-state index contributed by atoms with van der Waals surface area (Å²) >= 11 is 5.72. The van der Waals surface area contributed by atoms with Crippen molar-refractivity contribution in [2.45, 2.75) is 20.5 Å². The minimum absolute atomic E-state index is 0.0923. The fourth-order valence-electron chi connectivity index (χ4n) is 1.99. The normalized spacial score (nSPS) is 10.5. The molecule has 0 aliphatic rings. The van der Waals surface area contributed by atoms with E-state index in [2.05, 4.69) is 0 Å². The molecule has 0 bridgehead atoms. The molecule has 0 radical (unpaired) electrons. The average Bonchev–Trinajstić information content (AvgIpc) is 2.33. The zero-order valence-corrected chi connectivity index (χ0v) is 11.6. The zero-order chi connectivity index (χ0) is 14.0. The van der Waals surface area contributed by atoms with E-state index in [1.807, 2.05) is 26.0 Å². The third kappa shape index (κ3) is 2.99. The molecule has 0 aliphatic heterocycles. The van der Waals surface area contributed by atoms with Crippen molar-refractivity contribution in [2.75, 3.05) is 5.73 Å². The van der Waals surface area contributed by atoms with Crippen LogP contribution in [0.4, 0.5) is 10.1 Å². The molecule has 0 amide bonds. The Labute approximate surface area is 117 Å². The fourth-order valence-corrected chi connectivity index (χ4v) is 2.19. The first-order valence-electron chi connectivity index (χ1n) is 5.91. The van der Waals surface area contributed by atoms with E-state index < -0.39 is 5.82 Å². The first-order chi connectivity index (χ1) is 8.99. The third-order valence-corrected chi connectivity index (χ3v) is 3.14. The molecule has 0 atom stereocenters. The van der Waals surface area contributed by atoms with Gasteiger partial charge in [0, 0.05) is 5.56 Å². The Kier molecular flexibility index (Phi) is 3.96. The second kappa shape index (κ2) is 5.49. The van der Waals surface area contributed by atoms with Crippen LogP contribution in [0.2, 0.25) is 5.02 Å². The lowest BCUT2D eigenvalue weighted by Gasteiger charge is -2.13. The van der Waals surface area contributed by atoms with Crippen molar-refractivity contribution in [1.82, 2.24) is 0 Å². The molecule has 2 aromatic rings. The molecule has 0 saturated carbocycles. The highest BCUT2D eigenvalue weighted by Gasteiger charge is 2.10. The number of nitrogen functional groups attached to an aromatic ring is 1. The van der Waals surface area contributed by atoms with Gasteiger partial charge in [-0.3, -0.25) is 0 Å². The molecular formula is C15H15ClFNO. The lowest BCUT2D eigenvalue weighted by atomic mass is 10.1. The molecule has 4 heteroatoms. The minimum atomic E-state index is -0.451. The summed E-state index contributed by atoms with van der Waals surface area (Å²) in [6, 6.07) is 8.64. The van der Waals surface area contributed by atoms with Gasteiger partial charge in [-0.15, -0.1) is 0 Å². The van der Waals surface area contributed by atoms with Crippen molar-refractivity contribution < 1.29 is 9.13 Å². The van der Waals surface area contributed by atoms with Gasteiger partial charge in [0.1, 0.15) is 18.2 Å². The highest BCUT2D eigenvalue weighted by atomic mass is 35.5. The molecule has 0 unspecified atom stereocenters. The van der Waals surface area contributed by atoms with Gasteiger partial charge in [-0.2, -0.15) is 0 Å². The number of nitrogens with two attached hydrogens (primary N) is 1. The fraction of sp³-hybridized carbons (Fsp3) is 0.200. The van der Waals surface area contributed by atoms with Crippen LogP contribution in [0.3, 0.4) is 0 Å². The van der Waals surface area contributed by atoms with Crippen molar-refractivity contribution in [2.24, 2.45) is 0 Å². The number of ether oxygens (including phenoxy) is 1. The molecule has 0 aromatic heterocycles. The molecule has 2 N–H and O–H groups in total. The number of benzene rings is 2. The van der Waals surface area contributed by atoms with Crippen LogP contribution in [-0.2, 0) is 6.61 Å². The SMILES string of the molecule is Cc1cc(C)c(OCc2cccc(Cl)c2F)c(N)c1. The van der Waals surface area contributed by atoms with Crippen LogP contribution < -0.4 is 10.5 Å². The summed E-state index contributed by atoms with van der Waals surface area (Å²) in [4.78, 5) is 0. The standard InChI is InChI=1S/C15H15ClFNO/c1-9-6-10(2)15(13(18)7-9)19-8-11-4-3-5-12(16)14(11)17/h3-7H,8,18H2,1-2H3. The van der Waals surface area contributed by atoms with Gasteiger partial charge in [0.15, 0.2) is 0 Å². The Morgan fingerprint density at radius 3 is 2.68 bits per heavy atom. The van der Waals surface area contributed by atoms with Gasteiger partial charge in [-0.05, 0) is 37.1 Å². The number of aryl methyl sites for hydroxylation is 2. The van der Waals surface area contributed by atoms with Crippen molar-refractivity contribution in [3.8, 4) is 5.75 Å². The first-order valence-corrected chi connectivity index (χ1v) is 6.29. The van der Waals surface area contributed by atoms with E-state index in [9.17, 15) is 4.39 Å². The van der Waals surface area contributed by atoms with Gasteiger partial charge in [0.25, 0.3) is 0 Å². The van der Waals surface area contributed by atoms with Crippen LogP contribution in [0, 0.1) is 19.7 Å². The van der Waals surface area contributed by atoms with E-state index in [1.54, 1.807) is 12.1 Å². The Morgan fingerprint density at radius 2 is 2.00 bits per heavy atom. The summed E-state index contributed by atoms with van der Waals surface area (Å²) in [6.07, 6.45) is 0. The van der Waals surface area contributed by atoms with Crippen LogP contribution in [0.25, 0.3) is 0 Å². The number of anilines is 1. The zero-order valence-electron chi connectivity index (χ0n) is 10.8. The molecule has 0 heterocycles.